The van der Waals surface area contributed by atoms with Crippen LogP contribution in [0.5, 0.6) is 5.88 Å². The maximum atomic E-state index is 5.79. The van der Waals surface area contributed by atoms with Crippen LogP contribution in [0.1, 0.15) is 19.3 Å². The first-order valence-corrected chi connectivity index (χ1v) is 8.63. The molecule has 1 aromatic carbocycles. The lowest BCUT2D eigenvalue weighted by Crippen LogP contribution is -2.33. The zero-order chi connectivity index (χ0) is 16.2. The fraction of sp³-hybridized carbons (Fsp3) is 0.368. The minimum absolute atomic E-state index is 0.693. The molecule has 0 saturated carbocycles. The molecule has 0 amide bonds. The van der Waals surface area contributed by atoms with E-state index in [2.05, 4.69) is 38.1 Å². The Labute approximate surface area is 141 Å². The number of piperidine rings is 1. The fourth-order valence-corrected chi connectivity index (χ4v) is 3.21. The Hall–Kier alpha value is -2.40. The van der Waals surface area contributed by atoms with Crippen LogP contribution in [0.2, 0.25) is 0 Å². The zero-order valence-corrected chi connectivity index (χ0v) is 13.7. The molecule has 1 N–H and O–H groups in total. The Balaban J connectivity index is 1.37. The predicted octanol–water partition coefficient (Wildman–Crippen LogP) is 3.49. The van der Waals surface area contributed by atoms with Gasteiger partial charge in [0, 0.05) is 24.4 Å². The lowest BCUT2D eigenvalue weighted by atomic mass is 10.1. The summed E-state index contributed by atoms with van der Waals surface area (Å²) in [4.78, 5) is 14.3. The highest BCUT2D eigenvalue weighted by Gasteiger charge is 2.09. The van der Waals surface area contributed by atoms with Crippen molar-refractivity contribution in [3.63, 3.8) is 0 Å². The van der Waals surface area contributed by atoms with E-state index in [0.29, 0.717) is 12.5 Å². The smallest absolute Gasteiger partial charge is 0.213 e. The third-order valence-electron chi connectivity index (χ3n) is 4.60. The van der Waals surface area contributed by atoms with Crippen LogP contribution in [0.4, 0.5) is 0 Å². The minimum atomic E-state index is 0.693. The Morgan fingerprint density at radius 2 is 1.88 bits per heavy atom. The third-order valence-corrected chi connectivity index (χ3v) is 4.60. The van der Waals surface area contributed by atoms with Gasteiger partial charge in [0.15, 0.2) is 0 Å². The number of aromatic amines is 1. The molecule has 0 aliphatic carbocycles. The minimum Gasteiger partial charge on any atom is -0.476 e. The first-order valence-electron chi connectivity index (χ1n) is 8.63. The van der Waals surface area contributed by atoms with Gasteiger partial charge in [-0.2, -0.15) is 0 Å². The number of aromatic nitrogens is 3. The van der Waals surface area contributed by atoms with Crippen molar-refractivity contribution in [1.82, 2.24) is 19.9 Å². The van der Waals surface area contributed by atoms with Crippen LogP contribution in [0.3, 0.4) is 0 Å². The second-order valence-electron chi connectivity index (χ2n) is 6.27. The standard InChI is InChI=1S/C19H22N4O/c1-2-8-23(9-3-1)10-11-24-19-7-5-16(13-20-19)15-4-6-17-18(12-15)22-14-21-17/h4-7,12-14H,1-3,8-11H2,(H,21,22). The number of likely N-dealkylation sites (tertiary alicyclic amines) is 1. The summed E-state index contributed by atoms with van der Waals surface area (Å²) in [7, 11) is 0. The summed E-state index contributed by atoms with van der Waals surface area (Å²) in [5, 5.41) is 0. The molecule has 4 rings (SSSR count). The number of rotatable bonds is 5. The molecule has 124 valence electrons. The van der Waals surface area contributed by atoms with E-state index in [-0.39, 0.29) is 0 Å². The van der Waals surface area contributed by atoms with E-state index in [9.17, 15) is 0 Å². The van der Waals surface area contributed by atoms with Crippen molar-refractivity contribution in [2.75, 3.05) is 26.2 Å². The molecule has 1 aliphatic heterocycles. The van der Waals surface area contributed by atoms with Gasteiger partial charge in [0.25, 0.3) is 0 Å². The largest absolute Gasteiger partial charge is 0.476 e. The Bertz CT molecular complexity index is 790. The second-order valence-corrected chi connectivity index (χ2v) is 6.27. The first-order chi connectivity index (χ1) is 11.9. The number of imidazole rings is 1. The Morgan fingerprint density at radius 1 is 1.00 bits per heavy atom. The van der Waals surface area contributed by atoms with Crippen LogP contribution < -0.4 is 4.74 Å². The van der Waals surface area contributed by atoms with E-state index < -0.39 is 0 Å². The number of benzene rings is 1. The molecular formula is C19H22N4O. The Kier molecular flexibility index (Phi) is 4.42. The van der Waals surface area contributed by atoms with Crippen molar-refractivity contribution in [2.45, 2.75) is 19.3 Å². The molecule has 0 unspecified atom stereocenters. The summed E-state index contributed by atoms with van der Waals surface area (Å²) in [6, 6.07) is 10.2. The van der Waals surface area contributed by atoms with Crippen molar-refractivity contribution < 1.29 is 4.74 Å². The van der Waals surface area contributed by atoms with Gasteiger partial charge in [0.05, 0.1) is 17.4 Å². The molecule has 1 aliphatic rings. The molecule has 0 spiro atoms. The van der Waals surface area contributed by atoms with Gasteiger partial charge in [-0.05, 0) is 49.7 Å². The Morgan fingerprint density at radius 3 is 2.71 bits per heavy atom. The summed E-state index contributed by atoms with van der Waals surface area (Å²) in [6.07, 6.45) is 7.58. The van der Waals surface area contributed by atoms with Crippen LogP contribution in [-0.2, 0) is 0 Å². The topological polar surface area (TPSA) is 54.0 Å². The maximum Gasteiger partial charge on any atom is 0.213 e. The average Bonchev–Trinajstić information content (AvgIpc) is 3.11. The van der Waals surface area contributed by atoms with Gasteiger partial charge in [-0.25, -0.2) is 9.97 Å². The zero-order valence-electron chi connectivity index (χ0n) is 13.7. The molecule has 1 saturated heterocycles. The highest BCUT2D eigenvalue weighted by molar-refractivity contribution is 5.81. The molecular weight excluding hydrogens is 300 g/mol. The average molecular weight is 322 g/mol. The predicted molar refractivity (Wildman–Crippen MR) is 95.1 cm³/mol. The lowest BCUT2D eigenvalue weighted by Gasteiger charge is -2.26. The van der Waals surface area contributed by atoms with E-state index in [4.69, 9.17) is 4.74 Å². The molecule has 3 aromatic rings. The van der Waals surface area contributed by atoms with E-state index in [1.165, 1.54) is 32.4 Å². The highest BCUT2D eigenvalue weighted by atomic mass is 16.5. The molecule has 24 heavy (non-hydrogen) atoms. The van der Waals surface area contributed by atoms with Gasteiger partial charge in [0.2, 0.25) is 5.88 Å². The molecule has 3 heterocycles. The SMILES string of the molecule is c1nc2ccc(-c3ccc(OCCN4CCCCC4)nc3)cc2[nH]1. The second kappa shape index (κ2) is 7.01. The summed E-state index contributed by atoms with van der Waals surface area (Å²) < 4.78 is 5.79. The fourth-order valence-electron chi connectivity index (χ4n) is 3.21. The number of nitrogens with one attached hydrogen (secondary N) is 1. The third kappa shape index (κ3) is 3.41. The molecule has 5 nitrogen and oxygen atoms in total. The van der Waals surface area contributed by atoms with Gasteiger partial charge in [-0.1, -0.05) is 12.5 Å². The monoisotopic (exact) mass is 322 g/mol. The van der Waals surface area contributed by atoms with E-state index >= 15 is 0 Å². The number of pyridine rings is 1. The van der Waals surface area contributed by atoms with Gasteiger partial charge in [-0.15, -0.1) is 0 Å². The van der Waals surface area contributed by atoms with Crippen LogP contribution in [0.25, 0.3) is 22.2 Å². The first kappa shape index (κ1) is 15.1. The summed E-state index contributed by atoms with van der Waals surface area (Å²) in [5.41, 5.74) is 4.22. The van der Waals surface area contributed by atoms with Crippen LogP contribution in [0.15, 0.2) is 42.9 Å². The lowest BCUT2D eigenvalue weighted by molar-refractivity contribution is 0.180. The molecule has 0 atom stereocenters. The van der Waals surface area contributed by atoms with Gasteiger partial charge in [-0.3, -0.25) is 4.90 Å². The van der Waals surface area contributed by atoms with Crippen LogP contribution >= 0.6 is 0 Å². The number of H-pyrrole nitrogens is 1. The quantitative estimate of drug-likeness (QED) is 0.781. The molecule has 2 aromatic heterocycles. The summed E-state index contributed by atoms with van der Waals surface area (Å²) >= 11 is 0. The molecule has 0 bridgehead atoms. The summed E-state index contributed by atoms with van der Waals surface area (Å²) in [5.74, 6) is 0.693. The van der Waals surface area contributed by atoms with E-state index in [1.54, 1.807) is 6.33 Å². The highest BCUT2D eigenvalue weighted by Crippen LogP contribution is 2.23. The van der Waals surface area contributed by atoms with Crippen LogP contribution in [-0.4, -0.2) is 46.1 Å². The van der Waals surface area contributed by atoms with E-state index in [0.717, 1.165) is 28.7 Å². The van der Waals surface area contributed by atoms with Gasteiger partial charge < -0.3 is 9.72 Å². The number of ether oxygens (including phenoxy) is 1. The molecule has 5 heteroatoms. The number of hydrogen-bond acceptors (Lipinski definition) is 4. The van der Waals surface area contributed by atoms with E-state index in [1.807, 2.05) is 18.3 Å². The number of fused-ring (bicyclic) bond motifs is 1. The van der Waals surface area contributed by atoms with Crippen LogP contribution in [0, 0.1) is 0 Å². The van der Waals surface area contributed by atoms with Crippen molar-refractivity contribution in [2.24, 2.45) is 0 Å². The summed E-state index contributed by atoms with van der Waals surface area (Å²) in [6.45, 7) is 4.09. The van der Waals surface area contributed by atoms with Crippen molar-refractivity contribution in [1.29, 1.82) is 0 Å². The van der Waals surface area contributed by atoms with Crippen molar-refractivity contribution >= 4 is 11.0 Å². The number of nitrogens with zero attached hydrogens (tertiary/aromatic N) is 3. The normalized spacial score (nSPS) is 15.7. The molecule has 1 fully saturated rings. The number of hydrogen-bond donors (Lipinski definition) is 1. The maximum absolute atomic E-state index is 5.79. The van der Waals surface area contributed by atoms with Gasteiger partial charge in [0.1, 0.15) is 6.61 Å². The van der Waals surface area contributed by atoms with Crippen molar-refractivity contribution in [3.05, 3.63) is 42.9 Å². The van der Waals surface area contributed by atoms with Gasteiger partial charge >= 0.3 is 0 Å². The molecule has 0 radical (unpaired) electrons. The van der Waals surface area contributed by atoms with Crippen molar-refractivity contribution in [3.8, 4) is 17.0 Å².